The van der Waals surface area contributed by atoms with Gasteiger partial charge in [0, 0.05) is 17.1 Å². The van der Waals surface area contributed by atoms with Crippen LogP contribution >= 0.6 is 0 Å². The van der Waals surface area contributed by atoms with Crippen molar-refractivity contribution in [2.75, 3.05) is 6.54 Å². The van der Waals surface area contributed by atoms with Crippen molar-refractivity contribution in [3.8, 4) is 0 Å². The molecule has 19 heavy (non-hydrogen) atoms. The quantitative estimate of drug-likeness (QED) is 0.886. The Labute approximate surface area is 114 Å². The Kier molecular flexibility index (Phi) is 4.17. The van der Waals surface area contributed by atoms with E-state index in [1.165, 1.54) is 0 Å². The molecule has 0 saturated carbocycles. The van der Waals surface area contributed by atoms with E-state index >= 15 is 0 Å². The first-order valence-corrected chi connectivity index (χ1v) is 6.74. The van der Waals surface area contributed by atoms with Crippen LogP contribution in [0.25, 0.3) is 10.9 Å². The Morgan fingerprint density at radius 1 is 1.21 bits per heavy atom. The van der Waals surface area contributed by atoms with Gasteiger partial charge in [0.15, 0.2) is 0 Å². The molecule has 0 aliphatic heterocycles. The normalized spacial score (nSPS) is 13.7. The molecule has 0 fully saturated rings. The van der Waals surface area contributed by atoms with E-state index in [0.29, 0.717) is 6.42 Å². The molecule has 2 rings (SSSR count). The molecule has 0 saturated heterocycles. The molecule has 2 aromatic rings. The molecule has 0 amide bonds. The van der Waals surface area contributed by atoms with Gasteiger partial charge in [-0.1, -0.05) is 18.2 Å². The van der Waals surface area contributed by atoms with Crippen LogP contribution in [0.5, 0.6) is 0 Å². The lowest BCUT2D eigenvalue weighted by atomic mass is 10.0. The number of benzene rings is 1. The van der Waals surface area contributed by atoms with Crippen molar-refractivity contribution in [1.82, 2.24) is 10.3 Å². The van der Waals surface area contributed by atoms with Crippen LogP contribution in [-0.4, -0.2) is 22.2 Å². The first-order valence-electron chi connectivity index (χ1n) is 6.74. The lowest BCUT2D eigenvalue weighted by Crippen LogP contribution is -2.36. The third kappa shape index (κ3) is 3.75. The fourth-order valence-corrected chi connectivity index (χ4v) is 2.15. The van der Waals surface area contributed by atoms with Gasteiger partial charge < -0.3 is 10.4 Å². The zero-order valence-corrected chi connectivity index (χ0v) is 11.9. The Balaban J connectivity index is 2.11. The summed E-state index contributed by atoms with van der Waals surface area (Å²) in [6, 6.07) is 9.83. The Hall–Kier alpha value is -1.45. The lowest BCUT2D eigenvalue weighted by molar-refractivity contribution is 0.165. The van der Waals surface area contributed by atoms with Crippen LogP contribution in [-0.2, 0) is 0 Å². The highest BCUT2D eigenvalue weighted by molar-refractivity contribution is 5.82. The molecule has 3 heteroatoms. The van der Waals surface area contributed by atoms with Gasteiger partial charge in [-0.2, -0.15) is 0 Å². The summed E-state index contributed by atoms with van der Waals surface area (Å²) in [5, 5.41) is 14.8. The minimum Gasteiger partial charge on any atom is -0.388 e. The molecule has 2 N–H and O–H groups in total. The molecule has 1 heterocycles. The van der Waals surface area contributed by atoms with E-state index in [2.05, 4.69) is 31.1 Å². The third-order valence-electron chi connectivity index (χ3n) is 3.11. The molecule has 1 unspecified atom stereocenters. The maximum Gasteiger partial charge on any atom is 0.0809 e. The standard InChI is InChI=1S/C16H22N2O/c1-16(2,3)18-11-9-15(19)13-8-10-17-14-7-5-4-6-12(13)14/h4-8,10,15,18-19H,9,11H2,1-3H3. The highest BCUT2D eigenvalue weighted by Gasteiger charge is 2.13. The number of fused-ring (bicyclic) bond motifs is 1. The molecule has 0 bridgehead atoms. The maximum atomic E-state index is 10.3. The van der Waals surface area contributed by atoms with Crippen molar-refractivity contribution in [1.29, 1.82) is 0 Å². The second-order valence-corrected chi connectivity index (χ2v) is 5.90. The lowest BCUT2D eigenvalue weighted by Gasteiger charge is -2.22. The van der Waals surface area contributed by atoms with Crippen LogP contribution in [0.4, 0.5) is 0 Å². The van der Waals surface area contributed by atoms with E-state index in [4.69, 9.17) is 0 Å². The molecular weight excluding hydrogens is 236 g/mol. The van der Waals surface area contributed by atoms with Gasteiger partial charge >= 0.3 is 0 Å². The number of nitrogens with one attached hydrogen (secondary N) is 1. The van der Waals surface area contributed by atoms with Crippen LogP contribution in [0, 0.1) is 0 Å². The summed E-state index contributed by atoms with van der Waals surface area (Å²) >= 11 is 0. The van der Waals surface area contributed by atoms with Gasteiger partial charge in [-0.25, -0.2) is 0 Å². The number of hydrogen-bond acceptors (Lipinski definition) is 3. The monoisotopic (exact) mass is 258 g/mol. The maximum absolute atomic E-state index is 10.3. The van der Waals surface area contributed by atoms with Crippen LogP contribution in [0.1, 0.15) is 38.9 Å². The predicted molar refractivity (Wildman–Crippen MR) is 79.1 cm³/mol. The SMILES string of the molecule is CC(C)(C)NCCC(O)c1ccnc2ccccc12. The summed E-state index contributed by atoms with van der Waals surface area (Å²) in [6.45, 7) is 7.17. The number of para-hydroxylation sites is 1. The van der Waals surface area contributed by atoms with Crippen molar-refractivity contribution in [3.63, 3.8) is 0 Å². The first kappa shape index (κ1) is 14.0. The first-order chi connectivity index (χ1) is 8.97. The fraction of sp³-hybridized carbons (Fsp3) is 0.438. The number of pyridine rings is 1. The van der Waals surface area contributed by atoms with Gasteiger partial charge in [0.05, 0.1) is 11.6 Å². The molecule has 1 atom stereocenters. The van der Waals surface area contributed by atoms with Crippen molar-refractivity contribution < 1.29 is 5.11 Å². The van der Waals surface area contributed by atoms with Gasteiger partial charge in [-0.3, -0.25) is 4.98 Å². The molecule has 0 aliphatic carbocycles. The topological polar surface area (TPSA) is 45.1 Å². The third-order valence-corrected chi connectivity index (χ3v) is 3.11. The summed E-state index contributed by atoms with van der Waals surface area (Å²) in [5.74, 6) is 0. The van der Waals surface area contributed by atoms with Gasteiger partial charge in [-0.15, -0.1) is 0 Å². The average Bonchev–Trinajstić information content (AvgIpc) is 2.36. The number of aliphatic hydroxyl groups excluding tert-OH is 1. The molecule has 1 aromatic heterocycles. The number of aromatic nitrogens is 1. The summed E-state index contributed by atoms with van der Waals surface area (Å²) in [4.78, 5) is 4.32. The smallest absolute Gasteiger partial charge is 0.0809 e. The Bertz CT molecular complexity index is 540. The Morgan fingerprint density at radius 2 is 1.95 bits per heavy atom. The van der Waals surface area contributed by atoms with E-state index in [1.54, 1.807) is 6.20 Å². The minimum atomic E-state index is -0.456. The predicted octanol–water partition coefficient (Wildman–Crippen LogP) is 3.05. The van der Waals surface area contributed by atoms with Crippen LogP contribution in [0.15, 0.2) is 36.5 Å². The van der Waals surface area contributed by atoms with E-state index < -0.39 is 6.10 Å². The van der Waals surface area contributed by atoms with Gasteiger partial charge in [-0.05, 0) is 51.4 Å². The highest BCUT2D eigenvalue weighted by atomic mass is 16.3. The summed E-state index contributed by atoms with van der Waals surface area (Å²) < 4.78 is 0. The van der Waals surface area contributed by atoms with Crippen molar-refractivity contribution in [2.45, 2.75) is 38.8 Å². The second-order valence-electron chi connectivity index (χ2n) is 5.90. The van der Waals surface area contributed by atoms with Gasteiger partial charge in [0.2, 0.25) is 0 Å². The molecule has 3 nitrogen and oxygen atoms in total. The minimum absolute atomic E-state index is 0.0834. The number of aliphatic hydroxyl groups is 1. The molecule has 0 spiro atoms. The average molecular weight is 258 g/mol. The fourth-order valence-electron chi connectivity index (χ4n) is 2.15. The molecule has 1 aromatic carbocycles. The van der Waals surface area contributed by atoms with Gasteiger partial charge in [0.1, 0.15) is 0 Å². The van der Waals surface area contributed by atoms with E-state index in [0.717, 1.165) is 23.0 Å². The van der Waals surface area contributed by atoms with Crippen molar-refractivity contribution in [2.24, 2.45) is 0 Å². The zero-order chi connectivity index (χ0) is 13.9. The van der Waals surface area contributed by atoms with Gasteiger partial charge in [0.25, 0.3) is 0 Å². The summed E-state index contributed by atoms with van der Waals surface area (Å²) in [5.41, 5.74) is 1.98. The van der Waals surface area contributed by atoms with E-state index in [-0.39, 0.29) is 5.54 Å². The largest absolute Gasteiger partial charge is 0.388 e. The molecule has 102 valence electrons. The second kappa shape index (κ2) is 5.68. The highest BCUT2D eigenvalue weighted by Crippen LogP contribution is 2.24. The molecule has 0 radical (unpaired) electrons. The van der Waals surface area contributed by atoms with Crippen LogP contribution < -0.4 is 5.32 Å². The zero-order valence-electron chi connectivity index (χ0n) is 11.9. The van der Waals surface area contributed by atoms with Crippen LogP contribution in [0.3, 0.4) is 0 Å². The van der Waals surface area contributed by atoms with E-state index in [9.17, 15) is 5.11 Å². The Morgan fingerprint density at radius 3 is 2.68 bits per heavy atom. The van der Waals surface area contributed by atoms with Crippen LogP contribution in [0.2, 0.25) is 0 Å². The number of rotatable bonds is 4. The number of nitrogens with zero attached hydrogens (tertiary/aromatic N) is 1. The van der Waals surface area contributed by atoms with Crippen molar-refractivity contribution in [3.05, 3.63) is 42.1 Å². The number of hydrogen-bond donors (Lipinski definition) is 2. The summed E-state index contributed by atoms with van der Waals surface area (Å²) in [7, 11) is 0. The van der Waals surface area contributed by atoms with E-state index in [1.807, 2.05) is 30.3 Å². The molecular formula is C16H22N2O. The summed E-state index contributed by atoms with van der Waals surface area (Å²) in [6.07, 6.45) is 2.01. The van der Waals surface area contributed by atoms with Crippen molar-refractivity contribution >= 4 is 10.9 Å². The molecule has 0 aliphatic rings.